The van der Waals surface area contributed by atoms with E-state index in [0.29, 0.717) is 40.1 Å². The zero-order chi connectivity index (χ0) is 26.2. The Balaban J connectivity index is 1.54. The van der Waals surface area contributed by atoms with Crippen molar-refractivity contribution >= 4 is 24.0 Å². The highest BCUT2D eigenvalue weighted by Crippen LogP contribution is 2.53. The highest BCUT2D eigenvalue weighted by molar-refractivity contribution is 7.70. The van der Waals surface area contributed by atoms with Gasteiger partial charge in [0.25, 0.3) is 5.91 Å². The van der Waals surface area contributed by atoms with Gasteiger partial charge in [0.05, 0.1) is 17.4 Å². The standard InChI is InChI=1S/C26H22F3N4O3P/c1-32-18-12-15(21-14(25(32)34)5-4-6-19(21)36-26(28)29)22-23(18)31-33-10-9-17(30-24(22)33)13-7-8-20(16(27)11-13)37(2,3)35/h4-11,15,18,26H,12H2,1-3H3/t15-,18-/m1/s1. The van der Waals surface area contributed by atoms with E-state index >= 15 is 0 Å². The number of amides is 1. The van der Waals surface area contributed by atoms with Crippen molar-refractivity contribution in [1.29, 1.82) is 0 Å². The normalized spacial score (nSPS) is 18.8. The summed E-state index contributed by atoms with van der Waals surface area (Å²) >= 11 is 0. The molecule has 4 aromatic rings. The van der Waals surface area contributed by atoms with Gasteiger partial charge in [-0.15, -0.1) is 0 Å². The average molecular weight is 526 g/mol. The average Bonchev–Trinajstić information content (AvgIpc) is 3.35. The van der Waals surface area contributed by atoms with Crippen molar-refractivity contribution in [3.05, 3.63) is 76.9 Å². The predicted molar refractivity (Wildman–Crippen MR) is 132 cm³/mol. The van der Waals surface area contributed by atoms with Gasteiger partial charge < -0.3 is 14.2 Å². The van der Waals surface area contributed by atoms with Crippen molar-refractivity contribution < 1.29 is 27.3 Å². The fourth-order valence-corrected chi connectivity index (χ4v) is 6.50. The molecular formula is C26H22F3N4O3P. The van der Waals surface area contributed by atoms with Crippen LogP contribution in [-0.2, 0) is 4.57 Å². The Labute approximate surface area is 210 Å². The SMILES string of the molecule is CN1C(=O)c2cccc(OC(F)F)c2[C@H]2C[C@@H]1c1nn3ccc(-c4ccc(P(C)(C)=O)c(F)c4)nc3c12. The number of hydrogen-bond donors (Lipinski definition) is 0. The van der Waals surface area contributed by atoms with Gasteiger partial charge in [0.15, 0.2) is 5.65 Å². The summed E-state index contributed by atoms with van der Waals surface area (Å²) in [5, 5.41) is 4.85. The molecule has 11 heteroatoms. The first kappa shape index (κ1) is 23.7. The maximum absolute atomic E-state index is 14.8. The van der Waals surface area contributed by atoms with Gasteiger partial charge in [-0.3, -0.25) is 4.79 Å². The fraction of sp³-hybridized carbons (Fsp3) is 0.269. The lowest BCUT2D eigenvalue weighted by atomic mass is 9.89. The van der Waals surface area contributed by atoms with Crippen molar-refractivity contribution in [1.82, 2.24) is 19.5 Å². The van der Waals surface area contributed by atoms with Crippen molar-refractivity contribution in [3.63, 3.8) is 0 Å². The number of benzene rings is 2. The van der Waals surface area contributed by atoms with Gasteiger partial charge >= 0.3 is 6.61 Å². The highest BCUT2D eigenvalue weighted by atomic mass is 31.2. The maximum atomic E-state index is 14.8. The van der Waals surface area contributed by atoms with Crippen molar-refractivity contribution in [2.45, 2.75) is 25.0 Å². The Kier molecular flexibility index (Phi) is 5.25. The highest BCUT2D eigenvalue weighted by Gasteiger charge is 2.46. The Morgan fingerprint density at radius 1 is 1.14 bits per heavy atom. The van der Waals surface area contributed by atoms with Crippen LogP contribution in [0.4, 0.5) is 13.2 Å². The number of nitrogens with zero attached hydrogens (tertiary/aromatic N) is 4. The Hall–Kier alpha value is -3.65. The zero-order valence-electron chi connectivity index (χ0n) is 20.2. The van der Waals surface area contributed by atoms with Crippen LogP contribution in [-0.4, -0.2) is 52.4 Å². The second-order valence-corrected chi connectivity index (χ2v) is 12.9. The molecule has 1 aliphatic heterocycles. The summed E-state index contributed by atoms with van der Waals surface area (Å²) in [6.07, 6.45) is 2.15. The number of carbonyl (C=O) groups excluding carboxylic acids is 1. The summed E-state index contributed by atoms with van der Waals surface area (Å²) in [4.78, 5) is 19.6. The van der Waals surface area contributed by atoms with Gasteiger partial charge in [-0.1, -0.05) is 12.1 Å². The molecule has 1 aliphatic carbocycles. The molecular weight excluding hydrogens is 504 g/mol. The van der Waals surface area contributed by atoms with E-state index < -0.39 is 25.5 Å². The van der Waals surface area contributed by atoms with Gasteiger partial charge in [-0.05, 0) is 50.1 Å². The number of ether oxygens (including phenoxy) is 1. The molecule has 190 valence electrons. The number of halogens is 3. The minimum absolute atomic E-state index is 0.0514. The molecule has 0 fully saturated rings. The quantitative estimate of drug-likeness (QED) is 0.348. The molecule has 0 radical (unpaired) electrons. The summed E-state index contributed by atoms with van der Waals surface area (Å²) in [6.45, 7) is -0.0266. The van der Waals surface area contributed by atoms with E-state index in [-0.39, 0.29) is 23.0 Å². The third kappa shape index (κ3) is 3.65. The van der Waals surface area contributed by atoms with E-state index in [1.807, 2.05) is 0 Å². The number of alkyl halides is 2. The van der Waals surface area contributed by atoms with Crippen LogP contribution in [0.5, 0.6) is 5.75 Å². The monoisotopic (exact) mass is 526 g/mol. The molecule has 2 bridgehead atoms. The number of fused-ring (bicyclic) bond motifs is 9. The first-order valence-corrected chi connectivity index (χ1v) is 14.2. The largest absolute Gasteiger partial charge is 0.434 e. The van der Waals surface area contributed by atoms with Gasteiger partial charge in [0.1, 0.15) is 18.7 Å². The third-order valence-corrected chi connectivity index (χ3v) is 8.67. The van der Waals surface area contributed by atoms with E-state index in [1.165, 1.54) is 37.6 Å². The molecule has 2 atom stereocenters. The first-order valence-electron chi connectivity index (χ1n) is 11.6. The van der Waals surface area contributed by atoms with Gasteiger partial charge in [-0.2, -0.15) is 13.9 Å². The van der Waals surface area contributed by atoms with Crippen LogP contribution in [0.1, 0.15) is 45.6 Å². The summed E-state index contributed by atoms with van der Waals surface area (Å²) < 4.78 is 60.1. The predicted octanol–water partition coefficient (Wildman–Crippen LogP) is 5.05. The number of carbonyl (C=O) groups is 1. The van der Waals surface area contributed by atoms with Crippen LogP contribution >= 0.6 is 7.14 Å². The molecule has 0 unspecified atom stereocenters. The van der Waals surface area contributed by atoms with E-state index in [2.05, 4.69) is 5.10 Å². The molecule has 0 N–H and O–H groups in total. The molecule has 7 nitrogen and oxygen atoms in total. The minimum atomic E-state index is -3.05. The Morgan fingerprint density at radius 3 is 2.62 bits per heavy atom. The van der Waals surface area contributed by atoms with Crippen LogP contribution in [0.25, 0.3) is 16.9 Å². The molecule has 37 heavy (non-hydrogen) atoms. The van der Waals surface area contributed by atoms with Crippen LogP contribution in [0.15, 0.2) is 48.7 Å². The zero-order valence-corrected chi connectivity index (χ0v) is 21.0. The van der Waals surface area contributed by atoms with E-state index in [4.69, 9.17) is 9.72 Å². The molecule has 0 saturated carbocycles. The smallest absolute Gasteiger partial charge is 0.387 e. The van der Waals surface area contributed by atoms with Crippen molar-refractivity contribution in [2.75, 3.05) is 20.4 Å². The minimum Gasteiger partial charge on any atom is -0.434 e. The molecule has 3 heterocycles. The van der Waals surface area contributed by atoms with Crippen molar-refractivity contribution in [3.8, 4) is 17.0 Å². The van der Waals surface area contributed by atoms with Crippen LogP contribution in [0, 0.1) is 5.82 Å². The van der Waals surface area contributed by atoms with Crippen LogP contribution < -0.4 is 10.0 Å². The van der Waals surface area contributed by atoms with Gasteiger partial charge in [-0.25, -0.2) is 13.9 Å². The third-order valence-electron chi connectivity index (χ3n) is 7.14. The second kappa shape index (κ2) is 8.18. The topological polar surface area (TPSA) is 76.8 Å². The lowest BCUT2D eigenvalue weighted by molar-refractivity contribution is -0.0505. The number of hydrogen-bond acceptors (Lipinski definition) is 5. The lowest BCUT2D eigenvalue weighted by Gasteiger charge is -2.23. The summed E-state index contributed by atoms with van der Waals surface area (Å²) in [6, 6.07) is 10.4. The lowest BCUT2D eigenvalue weighted by Crippen LogP contribution is -2.30. The summed E-state index contributed by atoms with van der Waals surface area (Å²) in [7, 11) is -1.12. The molecule has 2 aromatic heterocycles. The summed E-state index contributed by atoms with van der Waals surface area (Å²) in [5.74, 6) is -1.37. The van der Waals surface area contributed by atoms with E-state index in [9.17, 15) is 22.5 Å². The van der Waals surface area contributed by atoms with Crippen LogP contribution in [0.3, 0.4) is 0 Å². The number of rotatable bonds is 4. The first-order chi connectivity index (χ1) is 17.5. The van der Waals surface area contributed by atoms with E-state index in [1.54, 1.807) is 40.9 Å². The number of aromatic nitrogens is 3. The van der Waals surface area contributed by atoms with Gasteiger partial charge in [0.2, 0.25) is 0 Å². The van der Waals surface area contributed by atoms with E-state index in [0.717, 1.165) is 5.56 Å². The Bertz CT molecular complexity index is 1650. The Morgan fingerprint density at radius 2 is 1.92 bits per heavy atom. The summed E-state index contributed by atoms with van der Waals surface area (Å²) in [5.41, 5.74) is 3.52. The molecule has 6 rings (SSSR count). The second-order valence-electron chi connectivity index (χ2n) is 9.71. The maximum Gasteiger partial charge on any atom is 0.387 e. The molecule has 0 spiro atoms. The van der Waals surface area contributed by atoms with Crippen molar-refractivity contribution in [2.24, 2.45) is 0 Å². The molecule has 0 saturated heterocycles. The van der Waals surface area contributed by atoms with Crippen LogP contribution in [0.2, 0.25) is 0 Å². The molecule has 2 aliphatic rings. The van der Waals surface area contributed by atoms with Gasteiger partial charge in [0, 0.05) is 46.7 Å². The molecule has 2 aromatic carbocycles. The fourth-order valence-electron chi connectivity index (χ4n) is 5.48. The molecule has 1 amide bonds.